The molecule has 1 aromatic heterocycles. The number of likely N-dealkylation sites (N-methyl/N-ethyl adjacent to an activating group) is 1. The molecule has 1 aliphatic rings. The SMILES string of the molecule is CC1CCNC(N)(O)C1N(C)c1[nH]c(=O)ncc1CC=N. The molecule has 116 valence electrons. The van der Waals surface area contributed by atoms with Crippen LogP contribution in [0.1, 0.15) is 18.9 Å². The lowest BCUT2D eigenvalue weighted by atomic mass is 9.89. The van der Waals surface area contributed by atoms with Gasteiger partial charge in [0.25, 0.3) is 0 Å². The summed E-state index contributed by atoms with van der Waals surface area (Å²) in [6.45, 7) is 2.65. The van der Waals surface area contributed by atoms with Gasteiger partial charge in [-0.1, -0.05) is 6.92 Å². The minimum atomic E-state index is -1.55. The number of hydrogen-bond acceptors (Lipinski definition) is 7. The van der Waals surface area contributed by atoms with Crippen molar-refractivity contribution in [2.45, 2.75) is 31.7 Å². The van der Waals surface area contributed by atoms with Crippen LogP contribution < -0.4 is 21.6 Å². The highest BCUT2D eigenvalue weighted by Crippen LogP contribution is 2.28. The lowest BCUT2D eigenvalue weighted by Crippen LogP contribution is -2.71. The van der Waals surface area contributed by atoms with E-state index in [9.17, 15) is 9.90 Å². The fourth-order valence-corrected chi connectivity index (χ4v) is 3.00. The summed E-state index contributed by atoms with van der Waals surface area (Å²) in [7, 11) is 1.77. The number of anilines is 1. The Morgan fingerprint density at radius 3 is 3.05 bits per heavy atom. The highest BCUT2D eigenvalue weighted by Gasteiger charge is 2.43. The molecule has 1 saturated heterocycles. The van der Waals surface area contributed by atoms with Gasteiger partial charge in [-0.15, -0.1) is 0 Å². The van der Waals surface area contributed by atoms with Crippen LogP contribution in [0.3, 0.4) is 0 Å². The quantitative estimate of drug-likeness (QED) is 0.357. The fourth-order valence-electron chi connectivity index (χ4n) is 3.00. The molecule has 3 atom stereocenters. The first-order chi connectivity index (χ1) is 9.86. The summed E-state index contributed by atoms with van der Waals surface area (Å²) in [4.78, 5) is 19.6. The maximum atomic E-state index is 11.5. The van der Waals surface area contributed by atoms with Gasteiger partial charge >= 0.3 is 5.69 Å². The van der Waals surface area contributed by atoms with Crippen molar-refractivity contribution in [2.75, 3.05) is 18.5 Å². The van der Waals surface area contributed by atoms with Crippen molar-refractivity contribution in [1.29, 1.82) is 5.41 Å². The number of hydrogen-bond donors (Lipinski definition) is 5. The van der Waals surface area contributed by atoms with Crippen LogP contribution in [0.4, 0.5) is 5.82 Å². The second-order valence-corrected chi connectivity index (χ2v) is 5.54. The summed E-state index contributed by atoms with van der Waals surface area (Å²) in [5, 5.41) is 20.5. The van der Waals surface area contributed by atoms with Crippen LogP contribution in [0.15, 0.2) is 11.0 Å². The Balaban J connectivity index is 2.42. The molecule has 0 radical (unpaired) electrons. The highest BCUT2D eigenvalue weighted by molar-refractivity contribution is 5.62. The topological polar surface area (TPSA) is 131 Å². The Kier molecular flexibility index (Phi) is 4.40. The smallest absolute Gasteiger partial charge is 0.346 e. The van der Waals surface area contributed by atoms with Crippen LogP contribution in [0.25, 0.3) is 0 Å². The second-order valence-electron chi connectivity index (χ2n) is 5.54. The third kappa shape index (κ3) is 3.12. The number of aromatic amines is 1. The number of rotatable bonds is 4. The van der Waals surface area contributed by atoms with Crippen molar-refractivity contribution < 1.29 is 5.11 Å². The average Bonchev–Trinajstić information content (AvgIpc) is 2.39. The molecule has 0 aliphatic carbocycles. The van der Waals surface area contributed by atoms with E-state index in [1.165, 1.54) is 12.4 Å². The number of piperidine rings is 1. The number of H-pyrrole nitrogens is 1. The maximum absolute atomic E-state index is 11.5. The van der Waals surface area contributed by atoms with Crippen molar-refractivity contribution >= 4 is 12.0 Å². The zero-order chi connectivity index (χ0) is 15.6. The molecule has 1 fully saturated rings. The summed E-state index contributed by atoms with van der Waals surface area (Å²) >= 11 is 0. The van der Waals surface area contributed by atoms with E-state index < -0.39 is 17.6 Å². The molecule has 3 unspecified atom stereocenters. The first kappa shape index (κ1) is 15.6. The molecule has 2 heterocycles. The lowest BCUT2D eigenvalue weighted by Gasteiger charge is -2.46. The molecule has 8 nitrogen and oxygen atoms in total. The van der Waals surface area contributed by atoms with Crippen LogP contribution in [0.5, 0.6) is 0 Å². The molecule has 0 amide bonds. The van der Waals surface area contributed by atoms with E-state index in [2.05, 4.69) is 15.3 Å². The standard InChI is InChI=1S/C13H22N6O2/c1-8-4-6-17-13(15,21)10(8)19(2)11-9(3-5-14)7-16-12(20)18-11/h5,7-8,10,14,17,21H,3-4,6,15H2,1-2H3,(H,16,18,20). The van der Waals surface area contributed by atoms with Crippen LogP contribution in [-0.4, -0.2) is 46.8 Å². The van der Waals surface area contributed by atoms with Crippen molar-refractivity contribution in [2.24, 2.45) is 11.7 Å². The highest BCUT2D eigenvalue weighted by atomic mass is 16.3. The van der Waals surface area contributed by atoms with E-state index in [0.29, 0.717) is 24.3 Å². The second kappa shape index (κ2) is 5.92. The van der Waals surface area contributed by atoms with Gasteiger partial charge in [0.05, 0.1) is 6.04 Å². The molecular formula is C13H22N6O2. The molecule has 6 N–H and O–H groups in total. The van der Waals surface area contributed by atoms with Crippen LogP contribution >= 0.6 is 0 Å². The number of nitrogens with zero attached hydrogens (tertiary/aromatic N) is 2. The predicted octanol–water partition coefficient (Wildman–Crippen LogP) is -0.999. The number of nitrogens with two attached hydrogens (primary N) is 1. The molecule has 1 aliphatic heterocycles. The van der Waals surface area contributed by atoms with Crippen LogP contribution in [0, 0.1) is 11.3 Å². The Bertz CT molecular complexity index is 570. The Labute approximate surface area is 122 Å². The molecule has 2 rings (SSSR count). The van der Waals surface area contributed by atoms with Crippen molar-refractivity contribution in [3.8, 4) is 0 Å². The molecular weight excluding hydrogens is 272 g/mol. The first-order valence-electron chi connectivity index (χ1n) is 6.93. The molecule has 0 spiro atoms. The fraction of sp³-hybridized carbons (Fsp3) is 0.615. The van der Waals surface area contributed by atoms with E-state index in [0.717, 1.165) is 6.42 Å². The Morgan fingerprint density at radius 1 is 1.71 bits per heavy atom. The van der Waals surface area contributed by atoms with Gasteiger partial charge in [-0.25, -0.2) is 9.78 Å². The van der Waals surface area contributed by atoms with Gasteiger partial charge in [0, 0.05) is 25.2 Å². The zero-order valence-electron chi connectivity index (χ0n) is 12.3. The summed E-state index contributed by atoms with van der Waals surface area (Å²) in [5.74, 6) is -0.882. The summed E-state index contributed by atoms with van der Waals surface area (Å²) in [6, 6.07) is -0.409. The van der Waals surface area contributed by atoms with Gasteiger partial charge in [-0.3, -0.25) is 16.0 Å². The molecule has 0 bridgehead atoms. The van der Waals surface area contributed by atoms with Gasteiger partial charge in [-0.2, -0.15) is 0 Å². The minimum absolute atomic E-state index is 0.135. The van der Waals surface area contributed by atoms with Gasteiger partial charge < -0.3 is 15.4 Å². The van der Waals surface area contributed by atoms with Gasteiger partial charge in [-0.05, 0) is 25.1 Å². The van der Waals surface area contributed by atoms with Crippen molar-refractivity contribution in [1.82, 2.24) is 15.3 Å². The maximum Gasteiger partial charge on any atom is 0.346 e. The molecule has 0 aromatic carbocycles. The normalized spacial score (nSPS) is 29.1. The minimum Gasteiger partial charge on any atom is -0.361 e. The van der Waals surface area contributed by atoms with E-state index >= 15 is 0 Å². The third-order valence-electron chi connectivity index (χ3n) is 3.96. The molecule has 0 saturated carbocycles. The molecule has 21 heavy (non-hydrogen) atoms. The first-order valence-corrected chi connectivity index (χ1v) is 6.93. The predicted molar refractivity (Wildman–Crippen MR) is 80.5 cm³/mol. The van der Waals surface area contributed by atoms with Crippen molar-refractivity contribution in [3.63, 3.8) is 0 Å². The number of nitrogens with one attached hydrogen (secondary N) is 3. The third-order valence-corrected chi connectivity index (χ3v) is 3.96. The van der Waals surface area contributed by atoms with Crippen LogP contribution in [0.2, 0.25) is 0 Å². The monoisotopic (exact) mass is 294 g/mol. The van der Waals surface area contributed by atoms with E-state index in [1.54, 1.807) is 11.9 Å². The Morgan fingerprint density at radius 2 is 2.43 bits per heavy atom. The summed E-state index contributed by atoms with van der Waals surface area (Å²) < 4.78 is 0. The average molecular weight is 294 g/mol. The number of aromatic nitrogens is 2. The molecule has 8 heteroatoms. The van der Waals surface area contributed by atoms with E-state index in [4.69, 9.17) is 11.1 Å². The van der Waals surface area contributed by atoms with Gasteiger partial charge in [0.1, 0.15) is 5.82 Å². The summed E-state index contributed by atoms with van der Waals surface area (Å²) in [5.41, 5.74) is 6.20. The van der Waals surface area contributed by atoms with Crippen molar-refractivity contribution in [3.05, 3.63) is 22.2 Å². The van der Waals surface area contributed by atoms with E-state index in [1.807, 2.05) is 6.92 Å². The Hall–Kier alpha value is -1.77. The molecule has 1 aromatic rings. The zero-order valence-corrected chi connectivity index (χ0v) is 12.3. The van der Waals surface area contributed by atoms with Gasteiger partial charge in [0.2, 0.25) is 0 Å². The van der Waals surface area contributed by atoms with Gasteiger partial charge in [0.15, 0.2) is 5.85 Å². The van der Waals surface area contributed by atoms with E-state index in [-0.39, 0.29) is 5.92 Å². The van der Waals surface area contributed by atoms with Crippen LogP contribution in [-0.2, 0) is 6.42 Å². The number of aliphatic hydroxyl groups is 1. The lowest BCUT2D eigenvalue weighted by molar-refractivity contribution is -0.0493. The summed E-state index contributed by atoms with van der Waals surface area (Å²) in [6.07, 6.45) is 3.90. The largest absolute Gasteiger partial charge is 0.361 e.